The molecule has 0 bridgehead atoms. The van der Waals surface area contributed by atoms with Crippen molar-refractivity contribution in [3.05, 3.63) is 152 Å². The number of amides is 2. The number of carboxylic acid groups (broad SMARTS) is 2. The third-order valence-electron chi connectivity index (χ3n) is 19.2. The van der Waals surface area contributed by atoms with Crippen molar-refractivity contribution in [1.82, 2.24) is 19.9 Å². The van der Waals surface area contributed by atoms with Crippen molar-refractivity contribution in [2.24, 2.45) is 29.1 Å². The highest BCUT2D eigenvalue weighted by Crippen LogP contribution is 2.47. The Morgan fingerprint density at radius 1 is 0.482 bits per heavy atom. The van der Waals surface area contributed by atoms with Crippen LogP contribution in [0.1, 0.15) is 176 Å². The fraction of sp³-hybridized carbons (Fsp3) is 0.487. The predicted molar refractivity (Wildman–Crippen MR) is 414 cm³/mol. The van der Waals surface area contributed by atoms with E-state index in [9.17, 15) is 77.4 Å². The van der Waals surface area contributed by atoms with Crippen LogP contribution in [0.25, 0.3) is 0 Å². The normalized spacial score (nSPS) is 19.9. The fourth-order valence-electron chi connectivity index (χ4n) is 13.7. The number of carboxylic acids is 2. The number of aliphatic carboxylic acids is 2. The second-order valence-electron chi connectivity index (χ2n) is 29.6. The lowest BCUT2D eigenvalue weighted by molar-refractivity contribution is -0.296. The van der Waals surface area contributed by atoms with Gasteiger partial charge in [-0.15, -0.1) is 0 Å². The summed E-state index contributed by atoms with van der Waals surface area (Å²) < 4.78 is 106. The lowest BCUT2D eigenvalue weighted by Crippen LogP contribution is -2.46. The zero-order chi connectivity index (χ0) is 81.4. The molecular formula is C76H92Cl4N6O20S4. The molecule has 1 saturated heterocycles. The molecule has 4 aromatic carbocycles. The summed E-state index contributed by atoms with van der Waals surface area (Å²) in [4.78, 5) is 99.9. The molecule has 2 amide bonds. The van der Waals surface area contributed by atoms with E-state index in [1.54, 1.807) is 32.0 Å². The molecule has 598 valence electrons. The molecule has 5 N–H and O–H groups in total. The number of carbonyl (C=O) groups excluding carboxylic acids is 5. The molecule has 4 aliphatic carbocycles. The van der Waals surface area contributed by atoms with Crippen molar-refractivity contribution in [2.75, 3.05) is 48.9 Å². The van der Waals surface area contributed by atoms with Crippen LogP contribution in [-0.4, -0.2) is 160 Å². The molecule has 0 radical (unpaired) electrons. The van der Waals surface area contributed by atoms with Gasteiger partial charge < -0.3 is 35.4 Å². The molecule has 34 heteroatoms. The molecule has 1 spiro atoms. The number of benzene rings is 4. The molecule has 11 rings (SSSR count). The summed E-state index contributed by atoms with van der Waals surface area (Å²) in [6, 6.07) is 17.6. The van der Waals surface area contributed by atoms with E-state index in [-0.39, 0.29) is 104 Å². The van der Waals surface area contributed by atoms with Gasteiger partial charge in [0.25, 0.3) is 0 Å². The summed E-state index contributed by atoms with van der Waals surface area (Å²) in [5.41, 5.74) is 2.16. The second-order valence-corrected chi connectivity index (χ2v) is 39.2. The number of sulfone groups is 4. The first-order valence-corrected chi connectivity index (χ1v) is 44.5. The van der Waals surface area contributed by atoms with Crippen LogP contribution < -0.4 is 10.6 Å². The number of aromatic nitrogens is 4. The molecule has 26 nitrogen and oxygen atoms in total. The van der Waals surface area contributed by atoms with Gasteiger partial charge in [-0.25, -0.2) is 43.6 Å². The number of ether oxygens (including phenoxy) is 2. The number of anilines is 2. The Balaban J connectivity index is 0.000000201. The Hall–Kier alpha value is -7.23. The summed E-state index contributed by atoms with van der Waals surface area (Å²) in [5.74, 6) is -4.29. The van der Waals surface area contributed by atoms with Gasteiger partial charge in [0.15, 0.2) is 56.8 Å². The van der Waals surface area contributed by atoms with E-state index in [2.05, 4.69) is 44.4 Å². The first-order chi connectivity index (χ1) is 51.3. The smallest absolute Gasteiger partial charge is 0.310 e. The Morgan fingerprint density at radius 3 is 1.03 bits per heavy atom. The first kappa shape index (κ1) is 90.0. The maximum Gasteiger partial charge on any atom is 0.310 e. The van der Waals surface area contributed by atoms with Gasteiger partial charge >= 0.3 is 11.9 Å². The molecule has 6 aromatic rings. The zero-order valence-electron chi connectivity index (χ0n) is 62.0. The first-order valence-electron chi connectivity index (χ1n) is 35.4. The standard InChI is InChI=1S/C20H27ClO6S.2C19H20ClN3O4S.C15H17ClO5S.C3H8O/c1-19(2)11-26-20(27-12-19)7-6-13(10-20)8-15(18(22)23)14-4-5-17(16(21)9-14)28(3,24)25;2*1-28(26,27)17-5-3-13(10-16(17)20)15(9-12-2-4-14(24)8-12)19(25)23-18-11-21-6-7-22-18;1-22(20,21)14-5-3-10(8-13(14)16)12(15(18)19)7-9-2-4-11(17)6-9;1-3(2)4/h4-5,9,13,15H,6-8,10-12H2,1-3H3,(H,22,23);2*3,5-7,10-12,15H,2,4,8-9H2,1H3,(H,22,23,25);3,5,8-9,12H,2,4,6-7H2,1H3,(H,18,19);3-4H,1-2H3/t13-,15-;2*12-,15+;9-,12+;/m1000./s1. The van der Waals surface area contributed by atoms with Gasteiger partial charge in [0.2, 0.25) is 11.8 Å². The Morgan fingerprint density at radius 2 is 0.773 bits per heavy atom. The van der Waals surface area contributed by atoms with Gasteiger partial charge in [0.1, 0.15) is 17.3 Å². The predicted octanol–water partition coefficient (Wildman–Crippen LogP) is 13.0. The number of aliphatic hydroxyl groups excluding tert-OH is 1. The maximum atomic E-state index is 13.0. The molecular weight excluding hydrogens is 1590 g/mol. The van der Waals surface area contributed by atoms with Crippen LogP contribution in [-0.2, 0) is 82.4 Å². The molecule has 2 aromatic heterocycles. The number of nitrogens with one attached hydrogen (secondary N) is 2. The zero-order valence-corrected chi connectivity index (χ0v) is 68.3. The Bertz CT molecular complexity index is 4640. The van der Waals surface area contributed by atoms with E-state index in [1.807, 2.05) is 0 Å². The average Bonchev–Trinajstić information content (AvgIpc) is 1.48. The number of rotatable bonds is 22. The number of hydrogen-bond donors (Lipinski definition) is 5. The SMILES string of the molecule is CC(C)O.CC1(C)COC2(CC[C@H](C[C@@H](C(=O)O)c3ccc(S(C)(=O)=O)c(Cl)c3)C2)OC1.CS(=O)(=O)c1ccc([C@@H](C[C@H]2CCC(=O)C2)C(=O)Nc2cnccn2)cc1Cl.CS(=O)(=O)c1ccc([C@@H](C[C@H]2CCC(=O)C2)C(=O)Nc2cnccn2)cc1Cl.CS(=O)(=O)c1ccc([C@@H](C[C@H]2CCC(=O)C2)C(=O)O)cc1Cl. The van der Waals surface area contributed by atoms with E-state index in [4.69, 9.17) is 61.0 Å². The number of halogens is 4. The van der Waals surface area contributed by atoms with Gasteiger partial charge in [-0.1, -0.05) is 84.5 Å². The number of aliphatic hydroxyl groups is 1. The van der Waals surface area contributed by atoms with E-state index < -0.39 is 80.7 Å². The number of carbonyl (C=O) groups is 7. The van der Waals surface area contributed by atoms with E-state index in [1.165, 1.54) is 91.8 Å². The van der Waals surface area contributed by atoms with Crippen LogP contribution in [0.3, 0.4) is 0 Å². The highest BCUT2D eigenvalue weighted by atomic mass is 35.5. The summed E-state index contributed by atoms with van der Waals surface area (Å²) in [5, 5.41) is 32.9. The molecule has 110 heavy (non-hydrogen) atoms. The molecule has 8 atom stereocenters. The molecule has 1 aliphatic heterocycles. The third-order valence-corrected chi connectivity index (χ3v) is 25.5. The lowest BCUT2D eigenvalue weighted by atomic mass is 9.87. The second kappa shape index (κ2) is 39.0. The number of nitrogens with zero attached hydrogens (tertiary/aromatic N) is 4. The van der Waals surface area contributed by atoms with Gasteiger partial charge in [-0.2, -0.15) is 0 Å². The largest absolute Gasteiger partial charge is 0.481 e. The molecule has 4 saturated carbocycles. The van der Waals surface area contributed by atoms with Gasteiger partial charge in [0.05, 0.1) is 89.0 Å². The minimum Gasteiger partial charge on any atom is -0.481 e. The molecule has 5 fully saturated rings. The summed E-state index contributed by atoms with van der Waals surface area (Å²) in [7, 11) is -13.8. The molecule has 0 unspecified atom stereocenters. The van der Waals surface area contributed by atoms with Crippen LogP contribution in [0.15, 0.2) is 130 Å². The minimum absolute atomic E-state index is 0.00787. The Labute approximate surface area is 661 Å². The van der Waals surface area contributed by atoms with Crippen LogP contribution in [0, 0.1) is 29.1 Å². The van der Waals surface area contributed by atoms with Crippen molar-refractivity contribution >= 4 is 138 Å². The summed E-state index contributed by atoms with van der Waals surface area (Å²) in [6.07, 6.45) is 22.0. The third kappa shape index (κ3) is 27.0. The van der Waals surface area contributed by atoms with Crippen LogP contribution >= 0.6 is 46.4 Å². The van der Waals surface area contributed by atoms with E-state index >= 15 is 0 Å². The van der Waals surface area contributed by atoms with E-state index in [0.29, 0.717) is 124 Å². The monoisotopic (exact) mass is 1680 g/mol. The van der Waals surface area contributed by atoms with Crippen LogP contribution in [0.5, 0.6) is 0 Å². The Kier molecular flexibility index (Phi) is 31.9. The fourth-order valence-corrected chi connectivity index (χ4v) is 19.1. The van der Waals surface area contributed by atoms with Gasteiger partial charge in [-0.05, 0) is 160 Å². The summed E-state index contributed by atoms with van der Waals surface area (Å²) >= 11 is 24.4. The highest BCUT2D eigenvalue weighted by molar-refractivity contribution is 7.91. The number of hydrogen-bond acceptors (Lipinski definition) is 22. The topological polar surface area (TPSA) is 411 Å². The van der Waals surface area contributed by atoms with Gasteiger partial charge in [0, 0.05) is 113 Å². The maximum absolute atomic E-state index is 13.0. The van der Waals surface area contributed by atoms with Crippen LogP contribution in [0.2, 0.25) is 20.1 Å². The van der Waals surface area contributed by atoms with Crippen molar-refractivity contribution < 1.29 is 92.0 Å². The van der Waals surface area contributed by atoms with Crippen molar-refractivity contribution in [3.8, 4) is 0 Å². The number of Topliss-reactive ketones (excluding diaryl/α,β-unsaturated/α-hetero) is 3. The quantitative estimate of drug-likeness (QED) is 0.0421. The van der Waals surface area contributed by atoms with Gasteiger partial charge in [-0.3, -0.25) is 43.5 Å². The van der Waals surface area contributed by atoms with Crippen molar-refractivity contribution in [1.29, 1.82) is 0 Å². The molecule has 3 heterocycles. The van der Waals surface area contributed by atoms with Crippen LogP contribution in [0.4, 0.5) is 11.6 Å². The molecule has 5 aliphatic rings. The van der Waals surface area contributed by atoms with E-state index in [0.717, 1.165) is 50.7 Å². The van der Waals surface area contributed by atoms with Crippen molar-refractivity contribution in [3.63, 3.8) is 0 Å². The highest BCUT2D eigenvalue weighted by Gasteiger charge is 2.47. The average molecular weight is 1680 g/mol. The van der Waals surface area contributed by atoms with Crippen molar-refractivity contribution in [2.45, 2.75) is 186 Å². The summed E-state index contributed by atoms with van der Waals surface area (Å²) in [6.45, 7) is 8.89. The number of ketones is 3. The minimum atomic E-state index is -3.47. The lowest BCUT2D eigenvalue weighted by Gasteiger charge is -2.41.